The van der Waals surface area contributed by atoms with E-state index in [1.165, 1.54) is 0 Å². The third-order valence-corrected chi connectivity index (χ3v) is 0.655. The van der Waals surface area contributed by atoms with Crippen molar-refractivity contribution in [2.24, 2.45) is 0 Å². The van der Waals surface area contributed by atoms with Crippen LogP contribution in [-0.4, -0.2) is 26.4 Å². The monoisotopic (exact) mass is 194 g/mol. The summed E-state index contributed by atoms with van der Waals surface area (Å²) in [5.74, 6) is 0. The largest absolute Gasteiger partial charge is 0.369 e. The molecule has 0 rings (SSSR count). The fourth-order valence-electron chi connectivity index (χ4n) is 0. The van der Waals surface area contributed by atoms with Crippen LogP contribution in [0.1, 0.15) is 0 Å². The van der Waals surface area contributed by atoms with E-state index in [1.54, 1.807) is 14.2 Å². The van der Waals surface area contributed by atoms with Crippen molar-refractivity contribution >= 4 is 36.7 Å². The topological polar surface area (TPSA) is 18.5 Å². The predicted octanol–water partition coefficient (Wildman–Crippen LogP) is 1.77. The second-order valence-electron chi connectivity index (χ2n) is 0.796. The summed E-state index contributed by atoms with van der Waals surface area (Å²) in [6.45, 7) is 0. The van der Waals surface area contributed by atoms with Crippen molar-refractivity contribution in [3.63, 3.8) is 0 Å². The van der Waals surface area contributed by atoms with E-state index in [2.05, 4.69) is 9.47 Å². The molecule has 0 amide bonds. The molecule has 0 heterocycles. The van der Waals surface area contributed by atoms with E-state index in [9.17, 15) is 0 Å². The van der Waals surface area contributed by atoms with Gasteiger partial charge in [-0.15, -0.1) is 0 Å². The van der Waals surface area contributed by atoms with Crippen LogP contribution in [0, 0.1) is 0 Å². The van der Waals surface area contributed by atoms with Gasteiger partial charge in [-0.1, -0.05) is 23.2 Å². The van der Waals surface area contributed by atoms with Crippen LogP contribution in [0.2, 0.25) is 0 Å². The number of halogens is 2. The molecular formula is C4H12Cl2O2S. The van der Waals surface area contributed by atoms with Gasteiger partial charge in [-0.25, -0.2) is 0 Å². The molecule has 2 nitrogen and oxygen atoms in total. The number of hydrogen-bond acceptors (Lipinski definition) is 2. The molecule has 0 spiro atoms. The first-order valence-electron chi connectivity index (χ1n) is 1.93. The zero-order valence-corrected chi connectivity index (χ0v) is 8.00. The second kappa shape index (κ2) is 23.2. The molecule has 0 aromatic carbocycles. The molecule has 0 bridgehead atoms. The Bertz CT molecular complexity index is 24.5. The summed E-state index contributed by atoms with van der Waals surface area (Å²) in [5.41, 5.74) is 0. The first kappa shape index (κ1) is 16.4. The summed E-state index contributed by atoms with van der Waals surface area (Å²) in [4.78, 5) is 0. The highest BCUT2D eigenvalue weighted by Gasteiger charge is 1.54. The molecule has 0 fully saturated rings. The van der Waals surface area contributed by atoms with Gasteiger partial charge in [-0.2, -0.15) is 13.5 Å². The minimum absolute atomic E-state index is 0. The first-order chi connectivity index (χ1) is 3.83. The molecule has 0 atom stereocenters. The van der Waals surface area contributed by atoms with Crippen molar-refractivity contribution < 1.29 is 9.47 Å². The lowest BCUT2D eigenvalue weighted by atomic mass is 11.5. The summed E-state index contributed by atoms with van der Waals surface area (Å²) in [6.07, 6.45) is 0. The lowest BCUT2D eigenvalue weighted by Crippen LogP contribution is -1.68. The predicted molar refractivity (Wildman–Crippen MR) is 45.8 cm³/mol. The summed E-state index contributed by atoms with van der Waals surface area (Å²) < 4.78 is 8.61. The van der Waals surface area contributed by atoms with Gasteiger partial charge < -0.3 is 9.47 Å². The Balaban J connectivity index is -0.0000000720. The molecular weight excluding hydrogens is 183 g/mol. The Morgan fingerprint density at radius 3 is 1.11 bits per heavy atom. The number of ether oxygens (including phenoxy) is 2. The van der Waals surface area contributed by atoms with Crippen LogP contribution < -0.4 is 0 Å². The maximum Gasteiger partial charge on any atom is 0.120 e. The fraction of sp³-hybridized carbons (Fsp3) is 1.00. The molecule has 60 valence electrons. The van der Waals surface area contributed by atoms with Gasteiger partial charge in [0.15, 0.2) is 0 Å². The Labute approximate surface area is 72.9 Å². The van der Waals surface area contributed by atoms with Gasteiger partial charge in [0.25, 0.3) is 0 Å². The van der Waals surface area contributed by atoms with Crippen LogP contribution in [0.15, 0.2) is 0 Å². The summed E-state index contributed by atoms with van der Waals surface area (Å²) >= 11 is 9.93. The van der Waals surface area contributed by atoms with Crippen LogP contribution in [0.4, 0.5) is 0 Å². The van der Waals surface area contributed by atoms with E-state index in [4.69, 9.17) is 23.2 Å². The average Bonchev–Trinajstić information content (AvgIpc) is 1.88. The van der Waals surface area contributed by atoms with Crippen molar-refractivity contribution in [3.8, 4) is 0 Å². The third-order valence-electron chi connectivity index (χ3n) is 0.218. The molecule has 0 aliphatic carbocycles. The van der Waals surface area contributed by atoms with E-state index in [0.29, 0.717) is 12.1 Å². The number of methoxy groups -OCH3 is 2. The van der Waals surface area contributed by atoms with Crippen molar-refractivity contribution in [3.05, 3.63) is 0 Å². The maximum atomic E-state index is 4.96. The van der Waals surface area contributed by atoms with Crippen LogP contribution in [0.5, 0.6) is 0 Å². The quantitative estimate of drug-likeness (QED) is 0.625. The van der Waals surface area contributed by atoms with E-state index >= 15 is 0 Å². The van der Waals surface area contributed by atoms with Crippen LogP contribution in [0.25, 0.3) is 0 Å². The maximum absolute atomic E-state index is 4.96. The van der Waals surface area contributed by atoms with E-state index in [-0.39, 0.29) is 13.5 Å². The van der Waals surface area contributed by atoms with Crippen LogP contribution in [0.3, 0.4) is 0 Å². The van der Waals surface area contributed by atoms with E-state index in [1.807, 2.05) is 0 Å². The van der Waals surface area contributed by atoms with Crippen LogP contribution >= 0.6 is 36.7 Å². The van der Waals surface area contributed by atoms with Gasteiger partial charge in [0, 0.05) is 14.2 Å². The average molecular weight is 195 g/mol. The minimum atomic E-state index is 0. The van der Waals surface area contributed by atoms with Gasteiger partial charge in [0.1, 0.15) is 12.1 Å². The van der Waals surface area contributed by atoms with E-state index in [0.717, 1.165) is 0 Å². The highest BCUT2D eigenvalue weighted by atomic mass is 35.5. The molecule has 0 aromatic rings. The van der Waals surface area contributed by atoms with Gasteiger partial charge >= 0.3 is 0 Å². The summed E-state index contributed by atoms with van der Waals surface area (Å²) in [7, 11) is 3.10. The highest BCUT2D eigenvalue weighted by Crippen LogP contribution is 1.67. The van der Waals surface area contributed by atoms with Gasteiger partial charge in [0.2, 0.25) is 0 Å². The highest BCUT2D eigenvalue weighted by molar-refractivity contribution is 7.59. The van der Waals surface area contributed by atoms with Crippen molar-refractivity contribution in [1.29, 1.82) is 0 Å². The lowest BCUT2D eigenvalue weighted by molar-refractivity contribution is 0.254. The molecule has 0 radical (unpaired) electrons. The second-order valence-corrected chi connectivity index (χ2v) is 1.23. The molecule has 0 N–H and O–H groups in total. The first-order valence-corrected chi connectivity index (χ1v) is 3.00. The molecule has 0 saturated heterocycles. The molecule has 9 heavy (non-hydrogen) atoms. The summed E-state index contributed by atoms with van der Waals surface area (Å²) in [5, 5.41) is 0. The third kappa shape index (κ3) is 51.1. The number of hydrogen-bond donors (Lipinski definition) is 0. The molecule has 0 aliphatic heterocycles. The van der Waals surface area contributed by atoms with E-state index < -0.39 is 0 Å². The van der Waals surface area contributed by atoms with Gasteiger partial charge in [-0.3, -0.25) is 0 Å². The molecule has 5 heteroatoms. The zero-order valence-electron chi connectivity index (χ0n) is 5.49. The van der Waals surface area contributed by atoms with Crippen molar-refractivity contribution in [2.75, 3.05) is 26.4 Å². The van der Waals surface area contributed by atoms with Gasteiger partial charge in [-0.05, 0) is 0 Å². The summed E-state index contributed by atoms with van der Waals surface area (Å²) in [6, 6.07) is 0.583. The zero-order chi connectivity index (χ0) is 6.83. The Morgan fingerprint density at radius 2 is 1.11 bits per heavy atom. The number of alkyl halides is 2. The van der Waals surface area contributed by atoms with Crippen molar-refractivity contribution in [1.82, 2.24) is 0 Å². The molecule has 0 aliphatic rings. The Kier molecular flexibility index (Phi) is 42.4. The van der Waals surface area contributed by atoms with Crippen LogP contribution in [-0.2, 0) is 9.47 Å². The Morgan fingerprint density at radius 1 is 1.00 bits per heavy atom. The van der Waals surface area contributed by atoms with Crippen molar-refractivity contribution in [2.45, 2.75) is 0 Å². The molecule has 0 unspecified atom stereocenters. The normalized spacial score (nSPS) is 6.67. The molecule has 0 aromatic heterocycles. The lowest BCUT2D eigenvalue weighted by Gasteiger charge is -1.74. The minimum Gasteiger partial charge on any atom is -0.369 e. The number of rotatable bonds is 2. The standard InChI is InChI=1S/2C2H5ClO.H2S/c2*1-4-2-3;/h2*2H2,1H3;1H2. The fourth-order valence-corrected chi connectivity index (χ4v) is 0. The SMILES string of the molecule is COCCl.COCCl.S. The van der Waals surface area contributed by atoms with Gasteiger partial charge in [0.05, 0.1) is 0 Å². The molecule has 0 saturated carbocycles. The smallest absolute Gasteiger partial charge is 0.120 e. The Hall–Kier alpha value is 0.850.